The Morgan fingerprint density at radius 2 is 1.90 bits per heavy atom. The van der Waals surface area contributed by atoms with E-state index in [1.54, 1.807) is 14.0 Å². The fourth-order valence-electron chi connectivity index (χ4n) is 7.82. The fraction of sp³-hybridized carbons (Fsp3) is 0.760. The van der Waals surface area contributed by atoms with E-state index in [2.05, 4.69) is 6.92 Å². The highest BCUT2D eigenvalue weighted by molar-refractivity contribution is 5.91. The maximum absolute atomic E-state index is 12.2. The molecule has 5 aliphatic rings. The van der Waals surface area contributed by atoms with Gasteiger partial charge in [0.25, 0.3) is 0 Å². The van der Waals surface area contributed by atoms with E-state index in [1.165, 1.54) is 18.8 Å². The van der Waals surface area contributed by atoms with Crippen molar-refractivity contribution in [2.24, 2.45) is 29.1 Å². The zero-order valence-electron chi connectivity index (χ0n) is 19.1. The number of carbonyl (C=O) groups is 2. The third-order valence-electron chi connectivity index (χ3n) is 9.29. The lowest BCUT2D eigenvalue weighted by atomic mass is 9.50. The van der Waals surface area contributed by atoms with Crippen molar-refractivity contribution in [3.63, 3.8) is 0 Å². The van der Waals surface area contributed by atoms with Crippen molar-refractivity contribution in [1.29, 1.82) is 0 Å². The van der Waals surface area contributed by atoms with Crippen LogP contribution < -0.4 is 0 Å². The quantitative estimate of drug-likeness (QED) is 0.481. The molecule has 6 heteroatoms. The summed E-state index contributed by atoms with van der Waals surface area (Å²) in [6.45, 7) is 4.10. The molecule has 1 spiro atoms. The van der Waals surface area contributed by atoms with E-state index in [9.17, 15) is 9.59 Å². The van der Waals surface area contributed by atoms with E-state index in [-0.39, 0.29) is 5.41 Å². The Hall–Kier alpha value is -1.66. The van der Waals surface area contributed by atoms with E-state index in [0.717, 1.165) is 44.9 Å². The molecule has 0 aromatic carbocycles. The van der Waals surface area contributed by atoms with Crippen LogP contribution in [0.15, 0.2) is 23.5 Å². The first-order valence-corrected chi connectivity index (χ1v) is 11.7. The number of hydrogen-bond donors (Lipinski definition) is 0. The number of allylic oxidation sites excluding steroid dienone is 1. The molecule has 5 rings (SSSR count). The molecule has 0 aromatic rings. The third-order valence-corrected chi connectivity index (χ3v) is 9.29. The summed E-state index contributed by atoms with van der Waals surface area (Å²) in [7, 11) is 2.95. The minimum atomic E-state index is -1.21. The molecular formula is C25H34O6. The van der Waals surface area contributed by atoms with Crippen LogP contribution in [0.5, 0.6) is 0 Å². The molecule has 0 radical (unpaired) electrons. The van der Waals surface area contributed by atoms with Crippen LogP contribution in [0.3, 0.4) is 0 Å². The Morgan fingerprint density at radius 1 is 1.10 bits per heavy atom. The molecule has 1 saturated heterocycles. The smallest absolute Gasteiger partial charge is 0.333 e. The summed E-state index contributed by atoms with van der Waals surface area (Å²) in [4.78, 5) is 24.1. The number of carbonyl (C=O) groups excluding carboxylic acids is 2. The van der Waals surface area contributed by atoms with Gasteiger partial charge in [-0.25, -0.2) is 4.79 Å². The second kappa shape index (κ2) is 7.17. The molecule has 1 heterocycles. The van der Waals surface area contributed by atoms with Gasteiger partial charge in [-0.05, 0) is 74.7 Å². The number of hydrogen-bond acceptors (Lipinski definition) is 6. The van der Waals surface area contributed by atoms with Crippen LogP contribution in [0.2, 0.25) is 0 Å². The van der Waals surface area contributed by atoms with E-state index in [4.69, 9.17) is 18.9 Å². The van der Waals surface area contributed by atoms with Gasteiger partial charge in [-0.3, -0.25) is 4.79 Å². The van der Waals surface area contributed by atoms with Gasteiger partial charge in [-0.2, -0.15) is 0 Å². The summed E-state index contributed by atoms with van der Waals surface area (Å²) in [5.41, 5.74) is 0.573. The van der Waals surface area contributed by atoms with Gasteiger partial charge in [0.1, 0.15) is 11.4 Å². The lowest BCUT2D eigenvalue weighted by molar-refractivity contribution is -0.331. The molecule has 0 bridgehead atoms. The molecule has 6 nitrogen and oxygen atoms in total. The minimum absolute atomic E-state index is 0.143. The van der Waals surface area contributed by atoms with Crippen LogP contribution in [0.25, 0.3) is 0 Å². The third kappa shape index (κ3) is 2.97. The number of methoxy groups -OCH3 is 2. The molecule has 4 aliphatic carbocycles. The topological polar surface area (TPSA) is 71.1 Å². The van der Waals surface area contributed by atoms with Crippen molar-refractivity contribution < 1.29 is 28.5 Å². The average Bonchev–Trinajstić information content (AvgIpc) is 3.22. The Balaban J connectivity index is 1.50. The van der Waals surface area contributed by atoms with E-state index < -0.39 is 17.5 Å². The molecular weight excluding hydrogens is 396 g/mol. The van der Waals surface area contributed by atoms with Gasteiger partial charge in [-0.1, -0.05) is 12.5 Å². The van der Waals surface area contributed by atoms with Crippen LogP contribution in [-0.4, -0.2) is 37.5 Å². The lowest BCUT2D eigenvalue weighted by Crippen LogP contribution is -2.54. The molecule has 0 N–H and O–H groups in total. The van der Waals surface area contributed by atoms with Crippen molar-refractivity contribution >= 4 is 11.8 Å². The second-order valence-corrected chi connectivity index (χ2v) is 10.4. The highest BCUT2D eigenvalue weighted by Gasteiger charge is 2.70. The van der Waals surface area contributed by atoms with Crippen molar-refractivity contribution in [2.45, 2.75) is 76.8 Å². The molecule has 170 valence electrons. The molecule has 31 heavy (non-hydrogen) atoms. The average molecular weight is 431 g/mol. The van der Waals surface area contributed by atoms with Crippen LogP contribution >= 0.6 is 0 Å². The Labute approximate surface area is 184 Å². The highest BCUT2D eigenvalue weighted by atomic mass is 16.9. The van der Waals surface area contributed by atoms with Gasteiger partial charge >= 0.3 is 11.9 Å². The van der Waals surface area contributed by atoms with E-state index in [0.29, 0.717) is 41.6 Å². The maximum Gasteiger partial charge on any atom is 0.333 e. The summed E-state index contributed by atoms with van der Waals surface area (Å²) in [5, 5.41) is 0. The molecule has 7 atom stereocenters. The minimum Gasteiger partial charge on any atom is -0.466 e. The number of rotatable bonds is 2. The predicted molar refractivity (Wildman–Crippen MR) is 113 cm³/mol. The zero-order valence-corrected chi connectivity index (χ0v) is 19.1. The van der Waals surface area contributed by atoms with Gasteiger partial charge < -0.3 is 18.9 Å². The van der Waals surface area contributed by atoms with E-state index in [1.807, 2.05) is 6.08 Å². The second-order valence-electron chi connectivity index (χ2n) is 10.4. The molecule has 4 fully saturated rings. The van der Waals surface area contributed by atoms with Crippen molar-refractivity contribution in [3.05, 3.63) is 23.5 Å². The number of esters is 1. The monoisotopic (exact) mass is 430 g/mol. The van der Waals surface area contributed by atoms with Crippen molar-refractivity contribution in [3.8, 4) is 0 Å². The van der Waals surface area contributed by atoms with Gasteiger partial charge in [0.2, 0.25) is 0 Å². The van der Waals surface area contributed by atoms with Crippen LogP contribution in [0.1, 0.15) is 65.2 Å². The number of ether oxygens (including phenoxy) is 4. The summed E-state index contributed by atoms with van der Waals surface area (Å²) in [5.74, 6) is 1.53. The Bertz CT molecular complexity index is 860. The first-order valence-electron chi connectivity index (χ1n) is 11.7. The summed E-state index contributed by atoms with van der Waals surface area (Å²) in [6.07, 6.45) is 11.3. The maximum atomic E-state index is 12.2. The molecule has 0 amide bonds. The highest BCUT2D eigenvalue weighted by Crippen LogP contribution is 2.69. The van der Waals surface area contributed by atoms with Crippen molar-refractivity contribution in [2.75, 3.05) is 14.2 Å². The Morgan fingerprint density at radius 3 is 2.65 bits per heavy atom. The van der Waals surface area contributed by atoms with Gasteiger partial charge in [0, 0.05) is 25.9 Å². The van der Waals surface area contributed by atoms with Crippen LogP contribution in [0, 0.1) is 29.1 Å². The summed E-state index contributed by atoms with van der Waals surface area (Å²) < 4.78 is 23.2. The lowest BCUT2D eigenvalue weighted by Gasteiger charge is -2.55. The first kappa shape index (κ1) is 21.2. The van der Waals surface area contributed by atoms with Crippen LogP contribution in [-0.2, 0) is 28.5 Å². The van der Waals surface area contributed by atoms with Gasteiger partial charge in [0.05, 0.1) is 13.2 Å². The van der Waals surface area contributed by atoms with Gasteiger partial charge in [0.15, 0.2) is 5.78 Å². The summed E-state index contributed by atoms with van der Waals surface area (Å²) in [6, 6.07) is 0. The van der Waals surface area contributed by atoms with Gasteiger partial charge in [-0.15, -0.1) is 0 Å². The van der Waals surface area contributed by atoms with Crippen LogP contribution in [0.4, 0.5) is 0 Å². The standard InChI is InChI=1S/C25H34O6/c1-23-11-9-18-17-8-6-16(26)13-15(17)5-7-19(18)20(23)10-12-25(23)21(14-22(27)28-3)30-24(2,29-4)31-25/h13-14,17-20H,5-12H2,1-4H3/t17-,18+,19+,20-,23-,24?,25-/m0/s1. The zero-order chi connectivity index (χ0) is 22.0. The largest absolute Gasteiger partial charge is 0.466 e. The Kier molecular flexibility index (Phi) is 4.91. The number of fused-ring (bicyclic) bond motifs is 6. The molecule has 1 aliphatic heterocycles. The molecule has 3 saturated carbocycles. The van der Waals surface area contributed by atoms with E-state index >= 15 is 0 Å². The van der Waals surface area contributed by atoms with Crippen molar-refractivity contribution in [1.82, 2.24) is 0 Å². The number of ketones is 1. The summed E-state index contributed by atoms with van der Waals surface area (Å²) >= 11 is 0. The predicted octanol–water partition coefficient (Wildman–Crippen LogP) is 4.29. The first-order chi connectivity index (χ1) is 14.7. The fourth-order valence-corrected chi connectivity index (χ4v) is 7.82. The molecule has 0 aromatic heterocycles. The molecule has 1 unspecified atom stereocenters. The normalized spacial score (nSPS) is 47.4. The SMILES string of the molecule is COC(=O)C=C1OC(C)(OC)O[C@@]12CC[C@H]1[C@@H]3CCC4=CC(=O)CC[C@@H]4[C@H]3CC[C@@]12C.